The van der Waals surface area contributed by atoms with E-state index in [0.29, 0.717) is 6.04 Å². The molecule has 1 fully saturated rings. The Kier molecular flexibility index (Phi) is 4.85. The van der Waals surface area contributed by atoms with E-state index in [2.05, 4.69) is 18.7 Å². The molecule has 0 spiro atoms. The minimum absolute atomic E-state index is 0.134. The normalized spacial score (nSPS) is 30.9. The summed E-state index contributed by atoms with van der Waals surface area (Å²) in [5.41, 5.74) is 5.94. The Balaban J connectivity index is 2.40. The van der Waals surface area contributed by atoms with Crippen molar-refractivity contribution in [3.05, 3.63) is 0 Å². The summed E-state index contributed by atoms with van der Waals surface area (Å²) >= 11 is 0. The average molecular weight is 200 g/mol. The molecule has 0 aromatic carbocycles. The number of likely N-dealkylation sites (tertiary alicyclic amines) is 1. The highest BCUT2D eigenvalue weighted by molar-refractivity contribution is 4.86. The van der Waals surface area contributed by atoms with Gasteiger partial charge in [-0.25, -0.2) is 0 Å². The summed E-state index contributed by atoms with van der Waals surface area (Å²) in [4.78, 5) is 2.51. The van der Waals surface area contributed by atoms with Gasteiger partial charge in [-0.15, -0.1) is 0 Å². The summed E-state index contributed by atoms with van der Waals surface area (Å²) in [5, 5.41) is 8.80. The zero-order chi connectivity index (χ0) is 10.6. The molecule has 0 aromatic rings. The van der Waals surface area contributed by atoms with Crippen molar-refractivity contribution >= 4 is 0 Å². The van der Waals surface area contributed by atoms with E-state index in [9.17, 15) is 0 Å². The fourth-order valence-electron chi connectivity index (χ4n) is 2.42. The van der Waals surface area contributed by atoms with Crippen LogP contribution in [0.2, 0.25) is 0 Å². The molecule has 3 unspecified atom stereocenters. The Morgan fingerprint density at radius 2 is 2.21 bits per heavy atom. The maximum absolute atomic E-state index is 8.80. The molecule has 3 heteroatoms. The van der Waals surface area contributed by atoms with Crippen LogP contribution < -0.4 is 5.73 Å². The minimum atomic E-state index is 0.134. The van der Waals surface area contributed by atoms with Gasteiger partial charge in [-0.1, -0.05) is 6.92 Å². The third-order valence-corrected chi connectivity index (χ3v) is 3.37. The third kappa shape index (κ3) is 2.94. The van der Waals surface area contributed by atoms with Gasteiger partial charge < -0.3 is 10.8 Å². The quantitative estimate of drug-likeness (QED) is 0.695. The number of rotatable bonds is 5. The van der Waals surface area contributed by atoms with Crippen molar-refractivity contribution in [2.24, 2.45) is 5.73 Å². The molecule has 0 radical (unpaired) electrons. The third-order valence-electron chi connectivity index (χ3n) is 3.37. The van der Waals surface area contributed by atoms with Crippen LogP contribution in [0.15, 0.2) is 0 Å². The molecule has 0 aromatic heterocycles. The number of hydrogen-bond acceptors (Lipinski definition) is 3. The van der Waals surface area contributed by atoms with Crippen LogP contribution in [0.25, 0.3) is 0 Å². The standard InChI is InChI=1S/C11H24N2O/c1-3-11-5-4-9(2)13(11)8-10(12)6-7-14/h9-11,14H,3-8,12H2,1-2H3. The predicted octanol–water partition coefficient (Wildman–Crippen LogP) is 0.959. The van der Waals surface area contributed by atoms with Crippen molar-refractivity contribution in [1.29, 1.82) is 0 Å². The Hall–Kier alpha value is -0.120. The lowest BCUT2D eigenvalue weighted by Gasteiger charge is -2.30. The first kappa shape index (κ1) is 12.0. The molecule has 1 rings (SSSR count). The number of aliphatic hydroxyl groups is 1. The van der Waals surface area contributed by atoms with Crippen LogP contribution in [0.5, 0.6) is 0 Å². The largest absolute Gasteiger partial charge is 0.396 e. The second kappa shape index (κ2) is 5.69. The molecular weight excluding hydrogens is 176 g/mol. The monoisotopic (exact) mass is 200 g/mol. The second-order valence-electron chi connectivity index (χ2n) is 4.46. The van der Waals surface area contributed by atoms with Crippen molar-refractivity contribution in [3.8, 4) is 0 Å². The van der Waals surface area contributed by atoms with Gasteiger partial charge in [0.15, 0.2) is 0 Å². The van der Waals surface area contributed by atoms with Crippen molar-refractivity contribution in [3.63, 3.8) is 0 Å². The highest BCUT2D eigenvalue weighted by atomic mass is 16.3. The van der Waals surface area contributed by atoms with Gasteiger partial charge in [0.25, 0.3) is 0 Å². The minimum Gasteiger partial charge on any atom is -0.396 e. The second-order valence-corrected chi connectivity index (χ2v) is 4.46. The number of nitrogens with two attached hydrogens (primary N) is 1. The Bertz CT molecular complexity index is 163. The number of nitrogens with zero attached hydrogens (tertiary/aromatic N) is 1. The Morgan fingerprint density at radius 3 is 2.79 bits per heavy atom. The highest BCUT2D eigenvalue weighted by Gasteiger charge is 2.29. The molecule has 84 valence electrons. The van der Waals surface area contributed by atoms with Gasteiger partial charge in [0.1, 0.15) is 0 Å². The fraction of sp³-hybridized carbons (Fsp3) is 1.00. The average Bonchev–Trinajstić information content (AvgIpc) is 2.48. The van der Waals surface area contributed by atoms with Crippen LogP contribution in [-0.2, 0) is 0 Å². The van der Waals surface area contributed by atoms with Gasteiger partial charge in [0.05, 0.1) is 0 Å². The van der Waals surface area contributed by atoms with E-state index in [4.69, 9.17) is 10.8 Å². The van der Waals surface area contributed by atoms with Gasteiger partial charge >= 0.3 is 0 Å². The van der Waals surface area contributed by atoms with Gasteiger partial charge in [-0.3, -0.25) is 4.90 Å². The number of aliphatic hydroxyl groups excluding tert-OH is 1. The summed E-state index contributed by atoms with van der Waals surface area (Å²) in [6, 6.07) is 1.52. The summed E-state index contributed by atoms with van der Waals surface area (Å²) in [5.74, 6) is 0. The van der Waals surface area contributed by atoms with Gasteiger partial charge in [0.2, 0.25) is 0 Å². The summed E-state index contributed by atoms with van der Waals surface area (Å²) in [7, 11) is 0. The lowest BCUT2D eigenvalue weighted by Crippen LogP contribution is -2.43. The molecule has 0 amide bonds. The molecule has 0 saturated carbocycles. The first-order valence-electron chi connectivity index (χ1n) is 5.81. The first-order valence-corrected chi connectivity index (χ1v) is 5.81. The van der Waals surface area contributed by atoms with Crippen molar-refractivity contribution in [2.45, 2.75) is 57.7 Å². The van der Waals surface area contributed by atoms with Crippen molar-refractivity contribution < 1.29 is 5.11 Å². The smallest absolute Gasteiger partial charge is 0.0446 e. The van der Waals surface area contributed by atoms with Gasteiger partial charge in [0, 0.05) is 31.3 Å². The first-order chi connectivity index (χ1) is 6.69. The van der Waals surface area contributed by atoms with E-state index in [0.717, 1.165) is 19.0 Å². The van der Waals surface area contributed by atoms with Crippen LogP contribution in [0, 0.1) is 0 Å². The SMILES string of the molecule is CCC1CCC(C)N1CC(N)CCO. The van der Waals surface area contributed by atoms with E-state index in [1.165, 1.54) is 19.3 Å². The molecule has 1 aliphatic rings. The van der Waals surface area contributed by atoms with Crippen LogP contribution in [0.3, 0.4) is 0 Å². The maximum Gasteiger partial charge on any atom is 0.0446 e. The Labute approximate surface area is 87.3 Å². The predicted molar refractivity (Wildman–Crippen MR) is 59.2 cm³/mol. The van der Waals surface area contributed by atoms with E-state index in [1.54, 1.807) is 0 Å². The maximum atomic E-state index is 8.80. The molecule has 3 N–H and O–H groups in total. The zero-order valence-electron chi connectivity index (χ0n) is 9.45. The van der Waals surface area contributed by atoms with E-state index < -0.39 is 0 Å². The highest BCUT2D eigenvalue weighted by Crippen LogP contribution is 2.25. The summed E-state index contributed by atoms with van der Waals surface area (Å²) < 4.78 is 0. The summed E-state index contributed by atoms with van der Waals surface area (Å²) in [6.45, 7) is 5.68. The lowest BCUT2D eigenvalue weighted by atomic mass is 10.1. The van der Waals surface area contributed by atoms with Gasteiger partial charge in [-0.05, 0) is 32.6 Å². The van der Waals surface area contributed by atoms with E-state index >= 15 is 0 Å². The molecular formula is C11H24N2O. The molecule has 3 atom stereocenters. The molecule has 0 bridgehead atoms. The molecule has 14 heavy (non-hydrogen) atoms. The van der Waals surface area contributed by atoms with Crippen LogP contribution in [0.1, 0.15) is 39.5 Å². The lowest BCUT2D eigenvalue weighted by molar-refractivity contribution is 0.173. The van der Waals surface area contributed by atoms with E-state index in [1.807, 2.05) is 0 Å². The van der Waals surface area contributed by atoms with Crippen molar-refractivity contribution in [1.82, 2.24) is 4.90 Å². The molecule has 3 nitrogen and oxygen atoms in total. The zero-order valence-corrected chi connectivity index (χ0v) is 9.45. The Morgan fingerprint density at radius 1 is 1.50 bits per heavy atom. The molecule has 1 aliphatic heterocycles. The van der Waals surface area contributed by atoms with Crippen molar-refractivity contribution in [2.75, 3.05) is 13.2 Å². The fourth-order valence-corrected chi connectivity index (χ4v) is 2.42. The topological polar surface area (TPSA) is 49.5 Å². The molecule has 1 saturated heterocycles. The molecule has 1 heterocycles. The van der Waals surface area contributed by atoms with Crippen LogP contribution in [-0.4, -0.2) is 41.3 Å². The van der Waals surface area contributed by atoms with Crippen LogP contribution >= 0.6 is 0 Å². The van der Waals surface area contributed by atoms with E-state index in [-0.39, 0.29) is 12.6 Å². The van der Waals surface area contributed by atoms with Crippen LogP contribution in [0.4, 0.5) is 0 Å². The number of hydrogen-bond donors (Lipinski definition) is 2. The molecule has 0 aliphatic carbocycles. The van der Waals surface area contributed by atoms with Gasteiger partial charge in [-0.2, -0.15) is 0 Å². The summed E-state index contributed by atoms with van der Waals surface area (Å²) in [6.07, 6.45) is 4.55.